The SMILES string of the molecule is Cc1cccc(OCCNC(=O)NC2CCN(CC(N)=O)CC2)c1. The largest absolute Gasteiger partial charge is 0.492 e. The number of carbonyl (C=O) groups is 2. The Bertz CT molecular complexity index is 557. The highest BCUT2D eigenvalue weighted by Gasteiger charge is 2.21. The van der Waals surface area contributed by atoms with Crippen LogP contribution in [-0.2, 0) is 4.79 Å². The molecule has 3 amide bonds. The third kappa shape index (κ3) is 6.45. The van der Waals surface area contributed by atoms with Crippen LogP contribution >= 0.6 is 0 Å². The zero-order valence-corrected chi connectivity index (χ0v) is 14.1. The molecule has 1 fully saturated rings. The fraction of sp³-hybridized carbons (Fsp3) is 0.529. The average Bonchev–Trinajstić information content (AvgIpc) is 2.53. The molecular weight excluding hydrogens is 308 g/mol. The zero-order chi connectivity index (χ0) is 17.4. The minimum absolute atomic E-state index is 0.131. The molecule has 4 N–H and O–H groups in total. The monoisotopic (exact) mass is 334 g/mol. The number of amides is 3. The van der Waals surface area contributed by atoms with E-state index < -0.39 is 0 Å². The topological polar surface area (TPSA) is 96.7 Å². The molecule has 0 unspecified atom stereocenters. The number of primary amides is 1. The summed E-state index contributed by atoms with van der Waals surface area (Å²) in [7, 11) is 0. The van der Waals surface area contributed by atoms with Crippen molar-refractivity contribution in [2.45, 2.75) is 25.8 Å². The number of aryl methyl sites for hydroxylation is 1. The van der Waals surface area contributed by atoms with Gasteiger partial charge in [-0.2, -0.15) is 0 Å². The lowest BCUT2D eigenvalue weighted by Crippen LogP contribution is -2.49. The normalized spacial score (nSPS) is 15.7. The number of rotatable bonds is 7. The first-order valence-corrected chi connectivity index (χ1v) is 8.27. The van der Waals surface area contributed by atoms with Gasteiger partial charge in [0.1, 0.15) is 12.4 Å². The maximum Gasteiger partial charge on any atom is 0.315 e. The van der Waals surface area contributed by atoms with Crippen LogP contribution in [0.1, 0.15) is 18.4 Å². The molecule has 0 aromatic heterocycles. The van der Waals surface area contributed by atoms with Crippen LogP contribution in [0.2, 0.25) is 0 Å². The molecule has 0 saturated carbocycles. The minimum Gasteiger partial charge on any atom is -0.492 e. The van der Waals surface area contributed by atoms with Crippen molar-refractivity contribution in [3.8, 4) is 5.75 Å². The number of hydrogen-bond acceptors (Lipinski definition) is 4. The van der Waals surface area contributed by atoms with Crippen LogP contribution in [0.25, 0.3) is 0 Å². The molecule has 2 rings (SSSR count). The highest BCUT2D eigenvalue weighted by Crippen LogP contribution is 2.12. The summed E-state index contributed by atoms with van der Waals surface area (Å²) < 4.78 is 5.59. The van der Waals surface area contributed by atoms with Crippen molar-refractivity contribution in [1.82, 2.24) is 15.5 Å². The molecule has 1 aliphatic rings. The quantitative estimate of drug-likeness (QED) is 0.637. The summed E-state index contributed by atoms with van der Waals surface area (Å²) in [6.07, 6.45) is 1.64. The number of urea groups is 1. The van der Waals surface area contributed by atoms with E-state index in [4.69, 9.17) is 10.5 Å². The Morgan fingerprint density at radius 3 is 2.75 bits per heavy atom. The molecule has 0 atom stereocenters. The third-order valence-corrected chi connectivity index (χ3v) is 3.95. The van der Waals surface area contributed by atoms with Crippen LogP contribution in [0.4, 0.5) is 4.79 Å². The second-order valence-electron chi connectivity index (χ2n) is 6.08. The lowest BCUT2D eigenvalue weighted by atomic mass is 10.1. The van der Waals surface area contributed by atoms with Crippen molar-refractivity contribution in [3.05, 3.63) is 29.8 Å². The predicted octanol–water partition coefficient (Wildman–Crippen LogP) is 0.623. The summed E-state index contributed by atoms with van der Waals surface area (Å²) in [6.45, 7) is 4.70. The molecule has 1 heterocycles. The summed E-state index contributed by atoms with van der Waals surface area (Å²) in [5.41, 5.74) is 6.32. The van der Waals surface area contributed by atoms with Crippen molar-refractivity contribution in [2.24, 2.45) is 5.73 Å². The van der Waals surface area contributed by atoms with Gasteiger partial charge in [-0.05, 0) is 37.5 Å². The number of nitrogens with one attached hydrogen (secondary N) is 2. The van der Waals surface area contributed by atoms with Gasteiger partial charge in [0.15, 0.2) is 0 Å². The van der Waals surface area contributed by atoms with E-state index in [1.165, 1.54) is 0 Å². The van der Waals surface area contributed by atoms with Crippen LogP contribution in [0.15, 0.2) is 24.3 Å². The van der Waals surface area contributed by atoms with Gasteiger partial charge in [-0.25, -0.2) is 4.79 Å². The molecule has 1 saturated heterocycles. The summed E-state index contributed by atoms with van der Waals surface area (Å²) in [5.74, 6) is 0.492. The van der Waals surface area contributed by atoms with E-state index in [2.05, 4.69) is 10.6 Å². The first kappa shape index (κ1) is 18.1. The van der Waals surface area contributed by atoms with Crippen molar-refractivity contribution >= 4 is 11.9 Å². The number of nitrogens with two attached hydrogens (primary N) is 1. The number of likely N-dealkylation sites (tertiary alicyclic amines) is 1. The van der Waals surface area contributed by atoms with Crippen molar-refractivity contribution in [3.63, 3.8) is 0 Å². The number of nitrogens with zero attached hydrogens (tertiary/aromatic N) is 1. The first-order chi connectivity index (χ1) is 11.5. The summed E-state index contributed by atoms with van der Waals surface area (Å²) in [6, 6.07) is 7.75. The Labute approximate surface area is 142 Å². The fourth-order valence-electron chi connectivity index (χ4n) is 2.73. The fourth-order valence-corrected chi connectivity index (χ4v) is 2.73. The van der Waals surface area contributed by atoms with Gasteiger partial charge in [-0.3, -0.25) is 9.69 Å². The Balaban J connectivity index is 1.58. The highest BCUT2D eigenvalue weighted by molar-refractivity contribution is 5.76. The van der Waals surface area contributed by atoms with Crippen LogP contribution < -0.4 is 21.1 Å². The molecule has 1 aromatic rings. The van der Waals surface area contributed by atoms with Gasteiger partial charge in [0.2, 0.25) is 5.91 Å². The number of hydrogen-bond donors (Lipinski definition) is 3. The zero-order valence-electron chi connectivity index (χ0n) is 14.1. The van der Waals surface area contributed by atoms with Gasteiger partial charge in [0.25, 0.3) is 0 Å². The summed E-state index contributed by atoms with van der Waals surface area (Å²) >= 11 is 0. The standard InChI is InChI=1S/C17H26N4O3/c1-13-3-2-4-15(11-13)24-10-7-19-17(23)20-14-5-8-21(9-6-14)12-16(18)22/h2-4,11,14H,5-10,12H2,1H3,(H2,18,22)(H2,19,20,23). The van der Waals surface area contributed by atoms with E-state index in [-0.39, 0.29) is 24.5 Å². The number of benzene rings is 1. The third-order valence-electron chi connectivity index (χ3n) is 3.95. The van der Waals surface area contributed by atoms with Crippen molar-refractivity contribution < 1.29 is 14.3 Å². The van der Waals surface area contributed by atoms with Gasteiger partial charge in [0.05, 0.1) is 13.1 Å². The molecule has 0 radical (unpaired) electrons. The molecule has 1 aliphatic heterocycles. The van der Waals surface area contributed by atoms with Gasteiger partial charge in [-0.15, -0.1) is 0 Å². The summed E-state index contributed by atoms with van der Waals surface area (Å²) in [4.78, 5) is 24.8. The Hall–Kier alpha value is -2.28. The van der Waals surface area contributed by atoms with E-state index >= 15 is 0 Å². The number of carbonyl (C=O) groups excluding carboxylic acids is 2. The van der Waals surface area contributed by atoms with Crippen LogP contribution in [-0.4, -0.2) is 55.7 Å². The minimum atomic E-state index is -0.312. The average molecular weight is 334 g/mol. The maximum atomic E-state index is 11.9. The van der Waals surface area contributed by atoms with Crippen molar-refractivity contribution in [2.75, 3.05) is 32.8 Å². The Morgan fingerprint density at radius 1 is 1.33 bits per heavy atom. The van der Waals surface area contributed by atoms with E-state index in [0.717, 1.165) is 37.2 Å². The highest BCUT2D eigenvalue weighted by atomic mass is 16.5. The van der Waals surface area contributed by atoms with Crippen LogP contribution in [0.5, 0.6) is 5.75 Å². The van der Waals surface area contributed by atoms with E-state index in [1.807, 2.05) is 36.1 Å². The molecular formula is C17H26N4O3. The maximum absolute atomic E-state index is 11.9. The molecule has 24 heavy (non-hydrogen) atoms. The number of ether oxygens (including phenoxy) is 1. The van der Waals surface area contributed by atoms with Gasteiger partial charge in [0, 0.05) is 19.1 Å². The molecule has 0 spiro atoms. The molecule has 0 bridgehead atoms. The van der Waals surface area contributed by atoms with E-state index in [1.54, 1.807) is 0 Å². The van der Waals surface area contributed by atoms with E-state index in [9.17, 15) is 9.59 Å². The van der Waals surface area contributed by atoms with Crippen LogP contribution in [0.3, 0.4) is 0 Å². The summed E-state index contributed by atoms with van der Waals surface area (Å²) in [5, 5.41) is 5.75. The number of piperidine rings is 1. The second kappa shape index (κ2) is 9.12. The van der Waals surface area contributed by atoms with E-state index in [0.29, 0.717) is 13.2 Å². The van der Waals surface area contributed by atoms with Gasteiger partial charge in [-0.1, -0.05) is 12.1 Å². The molecule has 1 aromatic carbocycles. The molecule has 0 aliphatic carbocycles. The smallest absolute Gasteiger partial charge is 0.315 e. The Morgan fingerprint density at radius 2 is 2.08 bits per heavy atom. The lowest BCUT2D eigenvalue weighted by Gasteiger charge is -2.31. The van der Waals surface area contributed by atoms with Crippen molar-refractivity contribution in [1.29, 1.82) is 0 Å². The predicted molar refractivity (Wildman–Crippen MR) is 91.9 cm³/mol. The van der Waals surface area contributed by atoms with Gasteiger partial charge < -0.3 is 21.1 Å². The molecule has 132 valence electrons. The second-order valence-corrected chi connectivity index (χ2v) is 6.08. The molecule has 7 heteroatoms. The van der Waals surface area contributed by atoms with Crippen LogP contribution in [0, 0.1) is 6.92 Å². The lowest BCUT2D eigenvalue weighted by molar-refractivity contribution is -0.119. The van der Waals surface area contributed by atoms with Gasteiger partial charge >= 0.3 is 6.03 Å². The molecule has 7 nitrogen and oxygen atoms in total. The first-order valence-electron chi connectivity index (χ1n) is 8.27. The Kier molecular flexibility index (Phi) is 6.87.